The van der Waals surface area contributed by atoms with Gasteiger partial charge in [0.15, 0.2) is 0 Å². The van der Waals surface area contributed by atoms with Gasteiger partial charge in [0.1, 0.15) is 0 Å². The molecule has 0 saturated heterocycles. The second-order valence-corrected chi connectivity index (χ2v) is 8.59. The maximum absolute atomic E-state index is 12.6. The number of carbonyl (C=O) groups excluding carboxylic acids is 1. The number of aryl methyl sites for hydroxylation is 2. The number of sulfonamides is 1. The Morgan fingerprint density at radius 2 is 1.88 bits per heavy atom. The van der Waals surface area contributed by atoms with Crippen LogP contribution in [0.1, 0.15) is 34.0 Å². The summed E-state index contributed by atoms with van der Waals surface area (Å²) in [4.78, 5) is 12.6. The normalized spacial score (nSPS) is 16.6. The number of hydrogen-bond acceptors (Lipinski definition) is 3. The summed E-state index contributed by atoms with van der Waals surface area (Å²) in [5, 5.41) is 2.93. The number of rotatable bonds is 3. The van der Waals surface area contributed by atoms with Gasteiger partial charge >= 0.3 is 0 Å². The molecule has 0 aliphatic carbocycles. The zero-order valence-corrected chi connectivity index (χ0v) is 15.6. The highest BCUT2D eigenvalue weighted by Crippen LogP contribution is 2.34. The van der Waals surface area contributed by atoms with Crippen LogP contribution in [0.5, 0.6) is 0 Å². The minimum atomic E-state index is -3.32. The van der Waals surface area contributed by atoms with E-state index in [0.29, 0.717) is 17.7 Å². The standard InChI is InChI=1S/C19H22N2O3S/c1-12-5-7-17(13(2)9-12)20-19(22)15-6-8-18-16(11-15)10-14(3)21(18)25(4,23)24/h5-9,11,14H,10H2,1-4H3,(H,20,22)/t14-/m0/s1. The lowest BCUT2D eigenvalue weighted by molar-refractivity contribution is 0.102. The highest BCUT2D eigenvalue weighted by Gasteiger charge is 2.32. The fraction of sp³-hybridized carbons (Fsp3) is 0.316. The Morgan fingerprint density at radius 1 is 1.16 bits per heavy atom. The largest absolute Gasteiger partial charge is 0.322 e. The van der Waals surface area contributed by atoms with Gasteiger partial charge in [-0.15, -0.1) is 0 Å². The maximum Gasteiger partial charge on any atom is 0.255 e. The second-order valence-electron chi connectivity index (χ2n) is 6.73. The van der Waals surface area contributed by atoms with Gasteiger partial charge in [-0.25, -0.2) is 8.42 Å². The van der Waals surface area contributed by atoms with E-state index in [4.69, 9.17) is 0 Å². The van der Waals surface area contributed by atoms with Crippen molar-refractivity contribution in [2.24, 2.45) is 0 Å². The van der Waals surface area contributed by atoms with Gasteiger partial charge in [-0.05, 0) is 62.6 Å². The van der Waals surface area contributed by atoms with Crippen molar-refractivity contribution >= 4 is 27.3 Å². The van der Waals surface area contributed by atoms with E-state index in [1.807, 2.05) is 39.0 Å². The van der Waals surface area contributed by atoms with Gasteiger partial charge < -0.3 is 5.32 Å². The lowest BCUT2D eigenvalue weighted by Crippen LogP contribution is -2.34. The van der Waals surface area contributed by atoms with Crippen LogP contribution in [0.15, 0.2) is 36.4 Å². The third-order valence-corrected chi connectivity index (χ3v) is 5.75. The summed E-state index contributed by atoms with van der Waals surface area (Å²) in [5.74, 6) is -0.194. The van der Waals surface area contributed by atoms with Crippen molar-refractivity contribution in [2.45, 2.75) is 33.2 Å². The van der Waals surface area contributed by atoms with E-state index in [0.717, 1.165) is 22.4 Å². The molecule has 0 unspecified atom stereocenters. The molecule has 2 aromatic rings. The smallest absolute Gasteiger partial charge is 0.255 e. The molecule has 5 nitrogen and oxygen atoms in total. The summed E-state index contributed by atoms with van der Waals surface area (Å²) in [6, 6.07) is 10.9. The quantitative estimate of drug-likeness (QED) is 0.916. The molecular formula is C19H22N2O3S. The number of carbonyl (C=O) groups is 1. The van der Waals surface area contributed by atoms with E-state index in [2.05, 4.69) is 5.32 Å². The van der Waals surface area contributed by atoms with Crippen LogP contribution in [0.3, 0.4) is 0 Å². The summed E-state index contributed by atoms with van der Waals surface area (Å²) in [7, 11) is -3.32. The van der Waals surface area contributed by atoms with E-state index in [-0.39, 0.29) is 11.9 Å². The van der Waals surface area contributed by atoms with Crippen LogP contribution in [0.4, 0.5) is 11.4 Å². The molecule has 1 atom stereocenters. The zero-order valence-electron chi connectivity index (χ0n) is 14.8. The van der Waals surface area contributed by atoms with E-state index in [1.165, 1.54) is 10.6 Å². The highest BCUT2D eigenvalue weighted by atomic mass is 32.2. The van der Waals surface area contributed by atoms with Gasteiger partial charge in [-0.1, -0.05) is 17.7 Å². The van der Waals surface area contributed by atoms with Gasteiger partial charge in [0.2, 0.25) is 10.0 Å². The molecule has 3 rings (SSSR count). The van der Waals surface area contributed by atoms with Crippen molar-refractivity contribution in [2.75, 3.05) is 15.9 Å². The summed E-state index contributed by atoms with van der Waals surface area (Å²) < 4.78 is 25.4. The first kappa shape index (κ1) is 17.5. The van der Waals surface area contributed by atoms with E-state index >= 15 is 0 Å². The predicted molar refractivity (Wildman–Crippen MR) is 101 cm³/mol. The first-order valence-electron chi connectivity index (χ1n) is 8.18. The van der Waals surface area contributed by atoms with Crippen molar-refractivity contribution in [1.29, 1.82) is 0 Å². The number of hydrogen-bond donors (Lipinski definition) is 1. The fourth-order valence-corrected chi connectivity index (χ4v) is 4.66. The molecule has 25 heavy (non-hydrogen) atoms. The molecular weight excluding hydrogens is 336 g/mol. The van der Waals surface area contributed by atoms with Crippen LogP contribution in [-0.4, -0.2) is 26.6 Å². The molecule has 1 amide bonds. The molecule has 1 aliphatic rings. The average molecular weight is 358 g/mol. The Kier molecular flexibility index (Phi) is 4.33. The van der Waals surface area contributed by atoms with Crippen LogP contribution >= 0.6 is 0 Å². The molecule has 0 bridgehead atoms. The summed E-state index contributed by atoms with van der Waals surface area (Å²) in [6.07, 6.45) is 1.81. The molecule has 2 aromatic carbocycles. The molecule has 0 aromatic heterocycles. The molecule has 1 aliphatic heterocycles. The maximum atomic E-state index is 12.6. The second kappa shape index (κ2) is 6.19. The first-order valence-corrected chi connectivity index (χ1v) is 10.0. The Labute approximate surface area is 148 Å². The van der Waals surface area contributed by atoms with Gasteiger partial charge in [0, 0.05) is 17.3 Å². The molecule has 132 valence electrons. The van der Waals surface area contributed by atoms with E-state index in [1.54, 1.807) is 18.2 Å². The SMILES string of the molecule is Cc1ccc(NC(=O)c2ccc3c(c2)C[C@H](C)N3S(C)(=O)=O)c(C)c1. The topological polar surface area (TPSA) is 66.5 Å². The van der Waals surface area contributed by atoms with Crippen molar-refractivity contribution < 1.29 is 13.2 Å². The minimum absolute atomic E-state index is 0.136. The Morgan fingerprint density at radius 3 is 2.52 bits per heavy atom. The van der Waals surface area contributed by atoms with Gasteiger partial charge in [0.25, 0.3) is 5.91 Å². The monoisotopic (exact) mass is 358 g/mol. The molecule has 1 N–H and O–H groups in total. The molecule has 6 heteroatoms. The van der Waals surface area contributed by atoms with Gasteiger partial charge in [0.05, 0.1) is 11.9 Å². The number of fused-ring (bicyclic) bond motifs is 1. The number of amides is 1. The van der Waals surface area contributed by atoms with Crippen molar-refractivity contribution in [3.63, 3.8) is 0 Å². The third kappa shape index (κ3) is 3.39. The van der Waals surface area contributed by atoms with Crippen LogP contribution in [0, 0.1) is 13.8 Å². The predicted octanol–water partition coefficient (Wildman–Crippen LogP) is 3.27. The van der Waals surface area contributed by atoms with Crippen LogP contribution in [-0.2, 0) is 16.4 Å². The van der Waals surface area contributed by atoms with Gasteiger partial charge in [-0.2, -0.15) is 0 Å². The summed E-state index contributed by atoms with van der Waals surface area (Å²) >= 11 is 0. The van der Waals surface area contributed by atoms with Crippen LogP contribution < -0.4 is 9.62 Å². The lowest BCUT2D eigenvalue weighted by atomic mass is 10.1. The summed E-state index contributed by atoms with van der Waals surface area (Å²) in [6.45, 7) is 5.83. The Balaban J connectivity index is 1.88. The number of anilines is 2. The van der Waals surface area contributed by atoms with Crippen molar-refractivity contribution in [3.05, 3.63) is 58.7 Å². The molecule has 1 heterocycles. The Bertz CT molecular complexity index is 951. The molecule has 0 fully saturated rings. The molecule has 0 spiro atoms. The minimum Gasteiger partial charge on any atom is -0.322 e. The first-order chi connectivity index (χ1) is 11.7. The van der Waals surface area contributed by atoms with E-state index in [9.17, 15) is 13.2 Å². The van der Waals surface area contributed by atoms with Gasteiger partial charge in [-0.3, -0.25) is 9.10 Å². The third-order valence-electron chi connectivity index (χ3n) is 4.48. The molecule has 0 saturated carbocycles. The number of nitrogens with zero attached hydrogens (tertiary/aromatic N) is 1. The number of benzene rings is 2. The fourth-order valence-electron chi connectivity index (χ4n) is 3.40. The van der Waals surface area contributed by atoms with Crippen molar-refractivity contribution in [3.8, 4) is 0 Å². The van der Waals surface area contributed by atoms with Crippen LogP contribution in [0.25, 0.3) is 0 Å². The van der Waals surface area contributed by atoms with Crippen molar-refractivity contribution in [1.82, 2.24) is 0 Å². The Hall–Kier alpha value is -2.34. The molecule has 0 radical (unpaired) electrons. The number of nitrogens with one attached hydrogen (secondary N) is 1. The lowest BCUT2D eigenvalue weighted by Gasteiger charge is -2.21. The average Bonchev–Trinajstić information content (AvgIpc) is 2.84. The van der Waals surface area contributed by atoms with Crippen LogP contribution in [0.2, 0.25) is 0 Å². The zero-order chi connectivity index (χ0) is 18.4. The highest BCUT2D eigenvalue weighted by molar-refractivity contribution is 7.92. The summed E-state index contributed by atoms with van der Waals surface area (Å²) in [5.41, 5.74) is 5.00. The van der Waals surface area contributed by atoms with E-state index < -0.39 is 10.0 Å².